The van der Waals surface area contributed by atoms with Crippen LogP contribution in [-0.2, 0) is 10.0 Å². The van der Waals surface area contributed by atoms with Gasteiger partial charge in [0.1, 0.15) is 15.2 Å². The highest BCUT2D eigenvalue weighted by atomic mass is 32.2. The van der Waals surface area contributed by atoms with Crippen LogP contribution in [0, 0.1) is 17.2 Å². The van der Waals surface area contributed by atoms with Gasteiger partial charge in [-0.15, -0.1) is 11.3 Å². The van der Waals surface area contributed by atoms with Crippen molar-refractivity contribution in [1.82, 2.24) is 4.72 Å². The first-order chi connectivity index (χ1) is 9.41. The van der Waals surface area contributed by atoms with Gasteiger partial charge in [-0.3, -0.25) is 0 Å². The summed E-state index contributed by atoms with van der Waals surface area (Å²) in [5.74, 6) is 0.386. The van der Waals surface area contributed by atoms with E-state index in [9.17, 15) is 13.5 Å². The van der Waals surface area contributed by atoms with Crippen LogP contribution < -0.4 is 4.72 Å². The fourth-order valence-corrected chi connectivity index (χ4v) is 5.32. The van der Waals surface area contributed by atoms with Crippen molar-refractivity contribution < 1.29 is 13.5 Å². The fraction of sp³-hybridized carbons (Fsp3) is 0.615. The van der Waals surface area contributed by atoms with E-state index < -0.39 is 15.6 Å². The van der Waals surface area contributed by atoms with E-state index in [1.807, 2.05) is 6.07 Å². The molecule has 1 aromatic rings. The van der Waals surface area contributed by atoms with Crippen molar-refractivity contribution >= 4 is 21.4 Å². The third-order valence-corrected chi connectivity index (χ3v) is 6.76. The molecule has 1 aliphatic rings. The zero-order valence-corrected chi connectivity index (χ0v) is 12.9. The number of nitriles is 1. The second kappa shape index (κ2) is 5.82. The van der Waals surface area contributed by atoms with Gasteiger partial charge in [0, 0.05) is 0 Å². The van der Waals surface area contributed by atoms with Gasteiger partial charge in [0.05, 0.1) is 12.1 Å². The van der Waals surface area contributed by atoms with E-state index in [1.54, 1.807) is 0 Å². The Morgan fingerprint density at radius 2 is 2.35 bits per heavy atom. The maximum absolute atomic E-state index is 12.4. The molecule has 7 heteroatoms. The Morgan fingerprint density at radius 1 is 1.60 bits per heavy atom. The number of rotatable bonds is 4. The topological polar surface area (TPSA) is 90.2 Å². The minimum absolute atomic E-state index is 0.125. The summed E-state index contributed by atoms with van der Waals surface area (Å²) in [6.07, 6.45) is 3.24. The highest BCUT2D eigenvalue weighted by Gasteiger charge is 2.38. The average molecular weight is 314 g/mol. The lowest BCUT2D eigenvalue weighted by Crippen LogP contribution is -2.53. The van der Waals surface area contributed by atoms with Gasteiger partial charge < -0.3 is 5.11 Å². The van der Waals surface area contributed by atoms with Gasteiger partial charge in [-0.25, -0.2) is 13.1 Å². The summed E-state index contributed by atoms with van der Waals surface area (Å²) < 4.78 is 27.5. The zero-order chi connectivity index (χ0) is 14.8. The summed E-state index contributed by atoms with van der Waals surface area (Å²) in [5.41, 5.74) is -0.771. The molecule has 1 fully saturated rings. The van der Waals surface area contributed by atoms with Gasteiger partial charge in [-0.1, -0.05) is 19.8 Å². The third-order valence-electron chi connectivity index (χ3n) is 3.70. The van der Waals surface area contributed by atoms with Crippen LogP contribution in [-0.4, -0.2) is 25.7 Å². The van der Waals surface area contributed by atoms with E-state index in [0.717, 1.165) is 24.2 Å². The molecule has 5 nitrogen and oxygen atoms in total. The smallest absolute Gasteiger partial charge is 0.250 e. The lowest BCUT2D eigenvalue weighted by molar-refractivity contribution is 0.120. The first kappa shape index (κ1) is 15.4. The Kier molecular flexibility index (Phi) is 4.49. The molecule has 0 aromatic carbocycles. The summed E-state index contributed by atoms with van der Waals surface area (Å²) >= 11 is 0.945. The van der Waals surface area contributed by atoms with Crippen LogP contribution in [0.5, 0.6) is 0 Å². The second-order valence-corrected chi connectivity index (χ2v) is 8.47. The van der Waals surface area contributed by atoms with Gasteiger partial charge in [-0.05, 0) is 30.9 Å². The number of thiophene rings is 1. The molecule has 1 aromatic heterocycles. The molecule has 0 saturated heterocycles. The molecular weight excluding hydrogens is 296 g/mol. The maximum Gasteiger partial charge on any atom is 0.250 e. The number of nitrogens with zero attached hydrogens (tertiary/aromatic N) is 1. The molecule has 0 amide bonds. The van der Waals surface area contributed by atoms with Gasteiger partial charge in [-0.2, -0.15) is 5.26 Å². The molecule has 2 atom stereocenters. The van der Waals surface area contributed by atoms with Crippen LogP contribution in [0.4, 0.5) is 0 Å². The maximum atomic E-state index is 12.4. The fourth-order valence-electron chi connectivity index (χ4n) is 2.79. The molecule has 110 valence electrons. The van der Waals surface area contributed by atoms with Crippen LogP contribution in [0.1, 0.15) is 37.5 Å². The zero-order valence-electron chi connectivity index (χ0n) is 11.3. The van der Waals surface area contributed by atoms with Crippen molar-refractivity contribution in [3.63, 3.8) is 0 Å². The monoisotopic (exact) mass is 314 g/mol. The number of hydrogen-bond donors (Lipinski definition) is 2. The predicted molar refractivity (Wildman–Crippen MR) is 76.8 cm³/mol. The van der Waals surface area contributed by atoms with E-state index in [1.165, 1.54) is 12.1 Å². The minimum Gasteiger partial charge on any atom is -0.394 e. The number of nitrogens with one attached hydrogen (secondary N) is 1. The molecule has 0 bridgehead atoms. The lowest BCUT2D eigenvalue weighted by atomic mass is 9.78. The van der Waals surface area contributed by atoms with Crippen molar-refractivity contribution in [2.24, 2.45) is 5.92 Å². The molecule has 1 heterocycles. The van der Waals surface area contributed by atoms with Crippen LogP contribution >= 0.6 is 11.3 Å². The Hall–Kier alpha value is -0.940. The summed E-state index contributed by atoms with van der Waals surface area (Å²) in [7, 11) is -3.69. The lowest BCUT2D eigenvalue weighted by Gasteiger charge is -2.38. The van der Waals surface area contributed by atoms with Crippen molar-refractivity contribution in [2.45, 2.75) is 42.4 Å². The van der Waals surface area contributed by atoms with Crippen LogP contribution in [0.3, 0.4) is 0 Å². The number of aliphatic hydroxyl groups is 1. The number of hydrogen-bond acceptors (Lipinski definition) is 5. The largest absolute Gasteiger partial charge is 0.394 e. The first-order valence-electron chi connectivity index (χ1n) is 6.55. The highest BCUT2D eigenvalue weighted by molar-refractivity contribution is 7.91. The molecule has 0 radical (unpaired) electrons. The molecule has 0 spiro atoms. The second-order valence-electron chi connectivity index (χ2n) is 5.48. The standard InChI is InChI=1S/C13H18N2O3S2/c1-10-3-2-6-13(7-10,9-16)15-20(17,18)12-5-4-11(8-14)19-12/h4-5,10,15-16H,2-3,6-7,9H2,1H3. The molecular formula is C13H18N2O3S2. The Bertz CT molecular complexity index is 618. The summed E-state index contributed by atoms with van der Waals surface area (Å²) in [6.45, 7) is 1.86. The van der Waals surface area contributed by atoms with Crippen molar-refractivity contribution in [3.8, 4) is 6.07 Å². The van der Waals surface area contributed by atoms with Crippen molar-refractivity contribution in [3.05, 3.63) is 17.0 Å². The van der Waals surface area contributed by atoms with Gasteiger partial charge in [0.25, 0.3) is 10.0 Å². The molecule has 2 N–H and O–H groups in total. The normalized spacial score (nSPS) is 27.1. The van der Waals surface area contributed by atoms with E-state index in [2.05, 4.69) is 11.6 Å². The van der Waals surface area contributed by atoms with Gasteiger partial charge in [0.15, 0.2) is 0 Å². The summed E-state index contributed by atoms with van der Waals surface area (Å²) in [4.78, 5) is 0.362. The van der Waals surface area contributed by atoms with Gasteiger partial charge >= 0.3 is 0 Å². The third kappa shape index (κ3) is 3.20. The van der Waals surface area contributed by atoms with Crippen molar-refractivity contribution in [2.75, 3.05) is 6.61 Å². The minimum atomic E-state index is -3.69. The Balaban J connectivity index is 2.24. The SMILES string of the molecule is CC1CCCC(CO)(NS(=O)(=O)c2ccc(C#N)s2)C1. The van der Waals surface area contributed by atoms with Crippen LogP contribution in [0.15, 0.2) is 16.3 Å². The molecule has 2 unspecified atom stereocenters. The number of aliphatic hydroxyl groups excluding tert-OH is 1. The van der Waals surface area contributed by atoms with E-state index in [-0.39, 0.29) is 10.8 Å². The summed E-state index contributed by atoms with van der Waals surface area (Å²) in [6, 6.07) is 4.86. The molecule has 1 saturated carbocycles. The average Bonchev–Trinajstić information content (AvgIpc) is 2.88. The van der Waals surface area contributed by atoms with E-state index >= 15 is 0 Å². The summed E-state index contributed by atoms with van der Waals surface area (Å²) in [5, 5.41) is 18.4. The molecule has 1 aliphatic carbocycles. The first-order valence-corrected chi connectivity index (χ1v) is 8.85. The van der Waals surface area contributed by atoms with Gasteiger partial charge in [0.2, 0.25) is 0 Å². The van der Waals surface area contributed by atoms with Crippen molar-refractivity contribution in [1.29, 1.82) is 5.26 Å². The predicted octanol–water partition coefficient (Wildman–Crippen LogP) is 1.84. The quantitative estimate of drug-likeness (QED) is 0.887. The van der Waals surface area contributed by atoms with Crippen LogP contribution in [0.25, 0.3) is 0 Å². The molecule has 0 aliphatic heterocycles. The number of sulfonamides is 1. The van der Waals surface area contributed by atoms with E-state index in [4.69, 9.17) is 5.26 Å². The van der Waals surface area contributed by atoms with E-state index in [0.29, 0.717) is 23.6 Å². The molecule has 20 heavy (non-hydrogen) atoms. The Morgan fingerprint density at radius 3 is 2.90 bits per heavy atom. The highest BCUT2D eigenvalue weighted by Crippen LogP contribution is 2.34. The Labute approximate surface area is 123 Å². The molecule has 2 rings (SSSR count). The van der Waals surface area contributed by atoms with Crippen LogP contribution in [0.2, 0.25) is 0 Å².